The maximum atomic E-state index is 13.1. The van der Waals surface area contributed by atoms with Gasteiger partial charge in [0.1, 0.15) is 5.67 Å². The fraction of sp³-hybridized carbons (Fsp3) is 0.630. The molecule has 0 bridgehead atoms. The molecule has 31 heavy (non-hydrogen) atoms. The van der Waals surface area contributed by atoms with E-state index in [0.717, 1.165) is 36.2 Å². The average molecular weight is 430 g/mol. The van der Waals surface area contributed by atoms with Gasteiger partial charge in [0, 0.05) is 29.1 Å². The number of hydrogen-bond donors (Lipinski definition) is 3. The van der Waals surface area contributed by atoms with Gasteiger partial charge < -0.3 is 16.5 Å². The van der Waals surface area contributed by atoms with Crippen molar-refractivity contribution in [2.45, 2.75) is 98.1 Å². The van der Waals surface area contributed by atoms with Gasteiger partial charge in [-0.05, 0) is 57.1 Å². The van der Waals surface area contributed by atoms with Crippen LogP contribution >= 0.6 is 0 Å². The quantitative estimate of drug-likeness (QED) is 0.214. The van der Waals surface area contributed by atoms with Crippen LogP contribution in [0, 0.1) is 10.8 Å². The Morgan fingerprint density at radius 1 is 1.23 bits per heavy atom. The number of rotatable bonds is 9. The maximum absolute atomic E-state index is 13.1. The molecule has 0 atom stereocenters. The minimum absolute atomic E-state index is 0.356. The molecule has 0 spiro atoms. The largest absolute Gasteiger partial charge is 0.398 e. The summed E-state index contributed by atoms with van der Waals surface area (Å²) in [6.07, 6.45) is 9.88. The molecule has 4 heteroatoms. The van der Waals surface area contributed by atoms with Gasteiger partial charge >= 0.3 is 0 Å². The van der Waals surface area contributed by atoms with Gasteiger partial charge in [0.25, 0.3) is 0 Å². The lowest BCUT2D eigenvalue weighted by Gasteiger charge is -2.34. The van der Waals surface area contributed by atoms with Crippen LogP contribution in [0.15, 0.2) is 30.5 Å². The van der Waals surface area contributed by atoms with Crippen LogP contribution in [0.5, 0.6) is 0 Å². The molecule has 1 fully saturated rings. The van der Waals surface area contributed by atoms with Crippen molar-refractivity contribution in [3.63, 3.8) is 0 Å². The van der Waals surface area contributed by atoms with Crippen molar-refractivity contribution in [3.05, 3.63) is 41.6 Å². The van der Waals surface area contributed by atoms with E-state index in [1.54, 1.807) is 13.8 Å². The standard InChI is InChI=1S/C19H27N3.C8H17F/c1-4-18(22-13-19(3)10-6-5-7-11-19)15-8-9-17(21)16(12-15)14(2)20;1-4-6-8(3,9)7-5-2/h8-9,12,20,22H,1,5-7,10-11,13,21H2,2-3H3;4-7H2,1-3H3. The molecule has 0 saturated heterocycles. The Morgan fingerprint density at radius 3 is 2.29 bits per heavy atom. The SMILES string of the molecule is C=C=C(NCC1(C)CCCCC1)c1ccc(N)c(C(C)=N)c1.CCCC(C)(F)CCC. The Kier molecular flexibility index (Phi) is 11.1. The Bertz CT molecular complexity index is 746. The minimum Gasteiger partial charge on any atom is -0.398 e. The highest BCUT2D eigenvalue weighted by Gasteiger charge is 2.26. The molecule has 0 aromatic heterocycles. The Hall–Kier alpha value is -2.06. The summed E-state index contributed by atoms with van der Waals surface area (Å²) in [5.74, 6) is 0. The molecule has 0 radical (unpaired) electrons. The lowest BCUT2D eigenvalue weighted by atomic mass is 9.75. The van der Waals surface area contributed by atoms with Crippen LogP contribution in [0.2, 0.25) is 0 Å². The smallest absolute Gasteiger partial charge is 0.108 e. The van der Waals surface area contributed by atoms with Crippen molar-refractivity contribution >= 4 is 17.1 Å². The van der Waals surface area contributed by atoms with Crippen LogP contribution in [0.4, 0.5) is 10.1 Å². The van der Waals surface area contributed by atoms with Gasteiger partial charge in [-0.15, -0.1) is 5.73 Å². The highest BCUT2D eigenvalue weighted by Crippen LogP contribution is 2.35. The van der Waals surface area contributed by atoms with Crippen molar-refractivity contribution in [2.75, 3.05) is 12.3 Å². The fourth-order valence-electron chi connectivity index (χ4n) is 4.35. The van der Waals surface area contributed by atoms with Crippen LogP contribution in [0.3, 0.4) is 0 Å². The van der Waals surface area contributed by atoms with E-state index < -0.39 is 5.67 Å². The molecule has 1 aliphatic rings. The first kappa shape index (κ1) is 27.0. The zero-order valence-electron chi connectivity index (χ0n) is 20.5. The molecule has 1 saturated carbocycles. The van der Waals surface area contributed by atoms with Crippen molar-refractivity contribution in [2.24, 2.45) is 5.41 Å². The lowest BCUT2D eigenvalue weighted by Crippen LogP contribution is -2.32. The van der Waals surface area contributed by atoms with Gasteiger partial charge in [0.15, 0.2) is 0 Å². The second kappa shape index (κ2) is 12.7. The third kappa shape index (κ3) is 9.31. The second-order valence-electron chi connectivity index (χ2n) is 9.62. The number of benzene rings is 1. The van der Waals surface area contributed by atoms with Gasteiger partial charge in [-0.1, -0.05) is 65.5 Å². The summed E-state index contributed by atoms with van der Waals surface area (Å²) < 4.78 is 13.1. The maximum Gasteiger partial charge on any atom is 0.108 e. The molecule has 174 valence electrons. The number of anilines is 1. The summed E-state index contributed by atoms with van der Waals surface area (Å²) in [4.78, 5) is 0. The first-order valence-corrected chi connectivity index (χ1v) is 11.9. The third-order valence-corrected chi connectivity index (χ3v) is 6.22. The topological polar surface area (TPSA) is 61.9 Å². The molecular weight excluding hydrogens is 385 g/mol. The fourth-order valence-corrected chi connectivity index (χ4v) is 4.35. The Morgan fingerprint density at radius 2 is 1.81 bits per heavy atom. The minimum atomic E-state index is -0.899. The number of halogens is 1. The molecule has 3 nitrogen and oxygen atoms in total. The van der Waals surface area contributed by atoms with Crippen molar-refractivity contribution in [1.82, 2.24) is 5.32 Å². The van der Waals surface area contributed by atoms with E-state index in [1.807, 2.05) is 32.0 Å². The summed E-state index contributed by atoms with van der Waals surface area (Å²) in [6.45, 7) is 14.6. The van der Waals surface area contributed by atoms with E-state index in [-0.39, 0.29) is 0 Å². The van der Waals surface area contributed by atoms with Crippen molar-refractivity contribution < 1.29 is 4.39 Å². The molecule has 0 heterocycles. The van der Waals surface area contributed by atoms with E-state index in [4.69, 9.17) is 11.1 Å². The van der Waals surface area contributed by atoms with Crippen LogP contribution < -0.4 is 11.1 Å². The first-order chi connectivity index (χ1) is 14.6. The molecular formula is C27H44FN3. The second-order valence-corrected chi connectivity index (χ2v) is 9.62. The van der Waals surface area contributed by atoms with E-state index in [9.17, 15) is 4.39 Å². The van der Waals surface area contributed by atoms with Gasteiger partial charge in [0.2, 0.25) is 0 Å². The lowest BCUT2D eigenvalue weighted by molar-refractivity contribution is 0.159. The van der Waals surface area contributed by atoms with Crippen molar-refractivity contribution in [3.8, 4) is 0 Å². The van der Waals surface area contributed by atoms with Crippen molar-refractivity contribution in [1.29, 1.82) is 5.41 Å². The molecule has 1 aromatic carbocycles. The zero-order chi connectivity index (χ0) is 23.5. The monoisotopic (exact) mass is 429 g/mol. The summed E-state index contributed by atoms with van der Waals surface area (Å²) >= 11 is 0. The predicted octanol–water partition coefficient (Wildman–Crippen LogP) is 7.66. The Balaban J connectivity index is 0.000000452. The molecule has 1 aliphatic carbocycles. The van der Waals surface area contributed by atoms with Gasteiger partial charge in [-0.25, -0.2) is 4.39 Å². The Labute approximate surface area is 189 Å². The molecule has 4 N–H and O–H groups in total. The van der Waals surface area contributed by atoms with E-state index >= 15 is 0 Å². The third-order valence-electron chi connectivity index (χ3n) is 6.22. The average Bonchev–Trinajstić information content (AvgIpc) is 2.70. The van der Waals surface area contributed by atoms with Gasteiger partial charge in [0.05, 0.1) is 5.70 Å². The van der Waals surface area contributed by atoms with E-state index in [1.165, 1.54) is 32.1 Å². The highest BCUT2D eigenvalue weighted by molar-refractivity contribution is 6.01. The predicted molar refractivity (Wildman–Crippen MR) is 134 cm³/mol. The van der Waals surface area contributed by atoms with E-state index in [0.29, 0.717) is 29.7 Å². The van der Waals surface area contributed by atoms with E-state index in [2.05, 4.69) is 24.6 Å². The molecule has 1 aromatic rings. The summed E-state index contributed by atoms with van der Waals surface area (Å²) in [5.41, 5.74) is 12.2. The van der Waals surface area contributed by atoms with Crippen LogP contribution in [-0.2, 0) is 0 Å². The molecule has 0 amide bonds. The zero-order valence-corrected chi connectivity index (χ0v) is 20.5. The highest BCUT2D eigenvalue weighted by atomic mass is 19.1. The van der Waals surface area contributed by atoms with Crippen LogP contribution in [0.25, 0.3) is 5.70 Å². The first-order valence-electron chi connectivity index (χ1n) is 11.9. The normalized spacial score (nSPS) is 15.3. The van der Waals surface area contributed by atoms with Crippen LogP contribution in [-0.4, -0.2) is 17.9 Å². The van der Waals surface area contributed by atoms with Gasteiger partial charge in [-0.3, -0.25) is 0 Å². The summed E-state index contributed by atoms with van der Waals surface area (Å²) in [6, 6.07) is 5.76. The number of nitrogens with one attached hydrogen (secondary N) is 2. The number of nitrogens with two attached hydrogens (primary N) is 1. The number of alkyl halides is 1. The molecule has 2 rings (SSSR count). The van der Waals surface area contributed by atoms with Crippen LogP contribution in [0.1, 0.15) is 104 Å². The number of hydrogen-bond acceptors (Lipinski definition) is 3. The molecule has 0 aliphatic heterocycles. The van der Waals surface area contributed by atoms with Gasteiger partial charge in [-0.2, -0.15) is 0 Å². The summed E-state index contributed by atoms with van der Waals surface area (Å²) in [7, 11) is 0. The number of nitrogen functional groups attached to an aromatic ring is 1. The molecule has 0 unspecified atom stereocenters. The summed E-state index contributed by atoms with van der Waals surface area (Å²) in [5, 5.41) is 11.3.